The number of Topliss-reactive ketones (excluding diaryl/α,β-unsaturated/α-hetero) is 1. The van der Waals surface area contributed by atoms with E-state index in [1.54, 1.807) is 12.1 Å². The Balaban J connectivity index is 1.80. The van der Waals surface area contributed by atoms with Gasteiger partial charge < -0.3 is 4.90 Å². The smallest absolute Gasteiger partial charge is 0.282 e. The second-order valence-electron chi connectivity index (χ2n) is 4.39. The Kier molecular flexibility index (Phi) is 4.81. The minimum absolute atomic E-state index is 0.0194. The molecule has 1 saturated heterocycles. The van der Waals surface area contributed by atoms with E-state index in [2.05, 4.69) is 0 Å². The highest BCUT2D eigenvalue weighted by molar-refractivity contribution is 8.14. The largest absolute Gasteiger partial charge is 0.334 e. The van der Waals surface area contributed by atoms with Crippen LogP contribution in [0.25, 0.3) is 0 Å². The Labute approximate surface area is 112 Å². The van der Waals surface area contributed by atoms with Crippen LogP contribution in [0, 0.1) is 0 Å². The number of nitrogens with zero attached hydrogens (tertiary/aromatic N) is 1. The van der Waals surface area contributed by atoms with Crippen LogP contribution in [0.15, 0.2) is 30.3 Å². The second-order valence-corrected chi connectivity index (χ2v) is 5.32. The van der Waals surface area contributed by atoms with Crippen LogP contribution in [-0.4, -0.2) is 34.8 Å². The summed E-state index contributed by atoms with van der Waals surface area (Å²) in [5, 5.41) is 0.0407. The Morgan fingerprint density at radius 2 is 1.72 bits per heavy atom. The molecule has 0 N–H and O–H groups in total. The molecule has 3 nitrogen and oxygen atoms in total. The average molecular weight is 263 g/mol. The van der Waals surface area contributed by atoms with Gasteiger partial charge in [0.15, 0.2) is 5.78 Å². The zero-order valence-corrected chi connectivity index (χ0v) is 11.1. The summed E-state index contributed by atoms with van der Waals surface area (Å²) < 4.78 is 0. The summed E-state index contributed by atoms with van der Waals surface area (Å²) in [6.07, 6.45) is 3.37. The third kappa shape index (κ3) is 3.60. The maximum absolute atomic E-state index is 11.9. The molecule has 0 aromatic heterocycles. The Bertz CT molecular complexity index is 413. The van der Waals surface area contributed by atoms with Crippen molar-refractivity contribution in [2.75, 3.05) is 18.8 Å². The van der Waals surface area contributed by atoms with Crippen molar-refractivity contribution in [2.24, 2.45) is 0 Å². The summed E-state index contributed by atoms with van der Waals surface area (Å²) in [4.78, 5) is 25.6. The van der Waals surface area contributed by atoms with E-state index < -0.39 is 0 Å². The Morgan fingerprint density at radius 1 is 1.06 bits per heavy atom. The number of ketones is 1. The fraction of sp³-hybridized carbons (Fsp3) is 0.429. The van der Waals surface area contributed by atoms with E-state index >= 15 is 0 Å². The lowest BCUT2D eigenvalue weighted by Crippen LogP contribution is -2.33. The molecular weight excluding hydrogens is 246 g/mol. The molecular formula is C14H17NO2S. The molecule has 1 heterocycles. The molecule has 0 bridgehead atoms. The summed E-state index contributed by atoms with van der Waals surface area (Å²) in [5.74, 6) is 0.255. The predicted molar refractivity (Wildman–Crippen MR) is 74.1 cm³/mol. The van der Waals surface area contributed by atoms with Gasteiger partial charge in [0.05, 0.1) is 5.75 Å². The van der Waals surface area contributed by atoms with E-state index in [1.165, 1.54) is 6.42 Å². The molecule has 1 aromatic rings. The van der Waals surface area contributed by atoms with Crippen molar-refractivity contribution in [3.05, 3.63) is 35.9 Å². The van der Waals surface area contributed by atoms with Gasteiger partial charge in [-0.2, -0.15) is 0 Å². The Morgan fingerprint density at radius 3 is 2.39 bits per heavy atom. The Hall–Kier alpha value is -1.29. The van der Waals surface area contributed by atoms with Crippen LogP contribution >= 0.6 is 11.8 Å². The minimum atomic E-state index is 0.0194. The number of piperidine rings is 1. The quantitative estimate of drug-likeness (QED) is 0.786. The van der Waals surface area contributed by atoms with Crippen molar-refractivity contribution in [1.82, 2.24) is 4.90 Å². The van der Waals surface area contributed by atoms with Gasteiger partial charge in [-0.1, -0.05) is 42.1 Å². The summed E-state index contributed by atoms with van der Waals surface area (Å²) >= 11 is 1.12. The van der Waals surface area contributed by atoms with Gasteiger partial charge in [0.25, 0.3) is 5.24 Å². The highest BCUT2D eigenvalue weighted by Crippen LogP contribution is 2.16. The monoisotopic (exact) mass is 263 g/mol. The molecule has 1 aromatic carbocycles. The first kappa shape index (κ1) is 13.1. The van der Waals surface area contributed by atoms with Crippen molar-refractivity contribution in [1.29, 1.82) is 0 Å². The SMILES string of the molecule is O=C(CSC(=O)N1CCCCC1)c1ccccc1. The summed E-state index contributed by atoms with van der Waals surface area (Å²) in [7, 11) is 0. The summed E-state index contributed by atoms with van der Waals surface area (Å²) in [6.45, 7) is 1.68. The minimum Gasteiger partial charge on any atom is -0.334 e. The lowest BCUT2D eigenvalue weighted by Gasteiger charge is -2.25. The van der Waals surface area contributed by atoms with E-state index in [9.17, 15) is 9.59 Å². The topological polar surface area (TPSA) is 37.4 Å². The van der Waals surface area contributed by atoms with Crippen molar-refractivity contribution in [2.45, 2.75) is 19.3 Å². The molecule has 96 valence electrons. The molecule has 1 aliphatic rings. The number of likely N-dealkylation sites (tertiary alicyclic amines) is 1. The third-order valence-electron chi connectivity index (χ3n) is 3.04. The molecule has 18 heavy (non-hydrogen) atoms. The lowest BCUT2D eigenvalue weighted by molar-refractivity contribution is 0.102. The van der Waals surface area contributed by atoms with E-state index in [4.69, 9.17) is 0 Å². The number of hydrogen-bond acceptors (Lipinski definition) is 3. The molecule has 0 aliphatic carbocycles. The first-order valence-electron chi connectivity index (χ1n) is 6.27. The number of carbonyl (C=O) groups is 2. The molecule has 1 amide bonds. The van der Waals surface area contributed by atoms with Gasteiger partial charge in [-0.25, -0.2) is 0 Å². The van der Waals surface area contributed by atoms with Gasteiger partial charge in [0.1, 0.15) is 0 Å². The predicted octanol–water partition coefficient (Wildman–Crippen LogP) is 3.21. The number of carbonyl (C=O) groups excluding carboxylic acids is 2. The molecule has 0 atom stereocenters. The third-order valence-corrected chi connectivity index (χ3v) is 3.95. The molecule has 1 fully saturated rings. The van der Waals surface area contributed by atoms with Gasteiger partial charge in [0, 0.05) is 18.7 Å². The summed E-state index contributed by atoms with van der Waals surface area (Å²) in [6, 6.07) is 9.13. The number of rotatable bonds is 3. The number of hydrogen-bond donors (Lipinski definition) is 0. The van der Waals surface area contributed by atoms with Crippen molar-refractivity contribution < 1.29 is 9.59 Å². The van der Waals surface area contributed by atoms with E-state index in [1.807, 2.05) is 23.1 Å². The van der Waals surface area contributed by atoms with Crippen LogP contribution in [0.5, 0.6) is 0 Å². The van der Waals surface area contributed by atoms with Crippen molar-refractivity contribution in [3.63, 3.8) is 0 Å². The van der Waals surface area contributed by atoms with E-state index in [0.717, 1.165) is 37.7 Å². The molecule has 0 radical (unpaired) electrons. The number of benzene rings is 1. The number of amides is 1. The molecule has 0 spiro atoms. The molecule has 0 unspecified atom stereocenters. The molecule has 0 saturated carbocycles. The molecule has 1 aliphatic heterocycles. The fourth-order valence-electron chi connectivity index (χ4n) is 2.00. The normalized spacial score (nSPS) is 15.4. The van der Waals surface area contributed by atoms with Gasteiger partial charge in [-0.05, 0) is 19.3 Å². The maximum atomic E-state index is 11.9. The van der Waals surface area contributed by atoms with Crippen LogP contribution < -0.4 is 0 Å². The zero-order valence-electron chi connectivity index (χ0n) is 10.3. The van der Waals surface area contributed by atoms with Gasteiger partial charge in [-0.3, -0.25) is 9.59 Å². The second kappa shape index (κ2) is 6.59. The van der Waals surface area contributed by atoms with E-state index in [-0.39, 0.29) is 16.8 Å². The molecule has 2 rings (SSSR count). The lowest BCUT2D eigenvalue weighted by atomic mass is 10.1. The highest BCUT2D eigenvalue weighted by atomic mass is 32.2. The number of thioether (sulfide) groups is 1. The first-order valence-corrected chi connectivity index (χ1v) is 7.26. The van der Waals surface area contributed by atoms with Crippen LogP contribution in [0.1, 0.15) is 29.6 Å². The fourth-order valence-corrected chi connectivity index (χ4v) is 2.79. The van der Waals surface area contributed by atoms with Crippen LogP contribution in [0.2, 0.25) is 0 Å². The first-order chi connectivity index (χ1) is 8.77. The van der Waals surface area contributed by atoms with Gasteiger partial charge >= 0.3 is 0 Å². The van der Waals surface area contributed by atoms with Crippen LogP contribution in [0.3, 0.4) is 0 Å². The van der Waals surface area contributed by atoms with Crippen molar-refractivity contribution in [3.8, 4) is 0 Å². The zero-order chi connectivity index (χ0) is 12.8. The van der Waals surface area contributed by atoms with Gasteiger partial charge in [0.2, 0.25) is 0 Å². The van der Waals surface area contributed by atoms with Crippen LogP contribution in [0.4, 0.5) is 4.79 Å². The van der Waals surface area contributed by atoms with Gasteiger partial charge in [-0.15, -0.1) is 0 Å². The average Bonchev–Trinajstić information content (AvgIpc) is 2.46. The summed E-state index contributed by atoms with van der Waals surface area (Å²) in [5.41, 5.74) is 0.677. The highest BCUT2D eigenvalue weighted by Gasteiger charge is 2.18. The van der Waals surface area contributed by atoms with Crippen LogP contribution in [-0.2, 0) is 0 Å². The van der Waals surface area contributed by atoms with Crippen molar-refractivity contribution >= 4 is 22.8 Å². The molecule has 4 heteroatoms. The van der Waals surface area contributed by atoms with E-state index in [0.29, 0.717) is 5.56 Å². The standard InChI is InChI=1S/C14H17NO2S/c16-13(12-7-3-1-4-8-12)11-18-14(17)15-9-5-2-6-10-15/h1,3-4,7-8H,2,5-6,9-11H2. The maximum Gasteiger partial charge on any atom is 0.282 e.